The van der Waals surface area contributed by atoms with E-state index in [2.05, 4.69) is 516 Å². The molecule has 0 radical (unpaired) electrons. The third kappa shape index (κ3) is 12.8. The van der Waals surface area contributed by atoms with Gasteiger partial charge in [0, 0.05) is 65.8 Å². The molecule has 4 heteroatoms. The number of para-hydroxylation sites is 7. The highest BCUT2D eigenvalue weighted by molar-refractivity contribution is 6.27. The van der Waals surface area contributed by atoms with Crippen molar-refractivity contribution in [2.24, 2.45) is 0 Å². The molecular formula is C126H82N4. The van der Waals surface area contributed by atoms with Crippen LogP contribution in [-0.2, 0) is 0 Å². The highest BCUT2D eigenvalue weighted by Crippen LogP contribution is 2.45. The smallest absolute Gasteiger partial charge is 0.0561 e. The molecule has 0 amide bonds. The highest BCUT2D eigenvalue weighted by Gasteiger charge is 2.21. The van der Waals surface area contributed by atoms with E-state index in [-0.39, 0.29) is 0 Å². The van der Waals surface area contributed by atoms with Crippen LogP contribution in [-0.4, -0.2) is 18.3 Å². The van der Waals surface area contributed by atoms with Gasteiger partial charge in [-0.25, -0.2) is 0 Å². The summed E-state index contributed by atoms with van der Waals surface area (Å²) in [5.74, 6) is 0. The van der Waals surface area contributed by atoms with Gasteiger partial charge in [-0.2, -0.15) is 0 Å². The minimum Gasteiger partial charge on any atom is -0.309 e. The highest BCUT2D eigenvalue weighted by atomic mass is 15.0. The topological polar surface area (TPSA) is 19.7 Å². The number of benzene rings is 23. The third-order valence-corrected chi connectivity index (χ3v) is 26.8. The van der Waals surface area contributed by atoms with Gasteiger partial charge in [-0.1, -0.05) is 376 Å². The lowest BCUT2D eigenvalue weighted by molar-refractivity contribution is 1.15. The molecule has 0 unspecified atom stereocenters. The summed E-state index contributed by atoms with van der Waals surface area (Å²) in [6.45, 7) is 0. The van der Waals surface area contributed by atoms with Crippen molar-refractivity contribution in [1.29, 1.82) is 0 Å². The first-order valence-electron chi connectivity index (χ1n) is 44.8. The molecule has 0 saturated heterocycles. The fourth-order valence-corrected chi connectivity index (χ4v) is 20.9. The lowest BCUT2D eigenvalue weighted by Crippen LogP contribution is -1.97. The van der Waals surface area contributed by atoms with Crippen LogP contribution in [0.15, 0.2) is 497 Å². The average molecular weight is 1650 g/mol. The van der Waals surface area contributed by atoms with Crippen molar-refractivity contribution in [3.05, 3.63) is 497 Å². The number of fused-ring (bicyclic) bond motifs is 24. The molecule has 27 aromatic rings. The first-order valence-corrected chi connectivity index (χ1v) is 44.8. The molecule has 0 aliphatic rings. The molecule has 4 heterocycles. The standard InChI is InChI=1S/C42H28N2.2C42H27N/c1-2-12-29(13-3-1)30-14-10-15-31(26-30)32-16-11-17-33(27-32)44-41-23-9-6-20-37(41)38-25-24-34(28-42(38)44)43-39-21-7-4-18-35(39)36-19-5-8-22-40(36)43;1-2-17-35-33(15-1)34-16-3-4-18-36(34)40-27-31(23-24-37(35)40)29-12-9-11-28(25-29)30-13-10-14-32(26-30)43-41-21-7-5-19-38(41)39-20-6-8-22-42(39)43;1-2-14-35-33(12-1)34-13-3-4-15-36(34)40-27-31(22-25-37(35)40)30-11-9-10-29(26-30)28-20-23-32(24-21-28)43-41-18-7-5-16-38(41)39-17-6-8-19-42(39)43/h1-28H;2*1-27H. The molecule has 0 fully saturated rings. The second-order valence-corrected chi connectivity index (χ2v) is 34.1. The normalized spacial score (nSPS) is 11.7. The molecule has 0 saturated carbocycles. The lowest BCUT2D eigenvalue weighted by atomic mass is 9.91. The van der Waals surface area contributed by atoms with Gasteiger partial charge in [0.1, 0.15) is 0 Å². The van der Waals surface area contributed by atoms with Gasteiger partial charge < -0.3 is 18.3 Å². The second-order valence-electron chi connectivity index (χ2n) is 34.1. The van der Waals surface area contributed by atoms with Crippen molar-refractivity contribution in [2.45, 2.75) is 0 Å². The Labute approximate surface area is 751 Å². The van der Waals surface area contributed by atoms with E-state index in [4.69, 9.17) is 0 Å². The van der Waals surface area contributed by atoms with Gasteiger partial charge in [0.2, 0.25) is 0 Å². The van der Waals surface area contributed by atoms with Crippen molar-refractivity contribution >= 4 is 152 Å². The zero-order chi connectivity index (χ0) is 85.7. The van der Waals surface area contributed by atoms with E-state index in [1.165, 1.54) is 230 Å². The van der Waals surface area contributed by atoms with E-state index in [0.29, 0.717) is 0 Å². The van der Waals surface area contributed by atoms with Crippen LogP contribution in [0.2, 0.25) is 0 Å². The Kier molecular flexibility index (Phi) is 18.3. The van der Waals surface area contributed by atoms with Crippen LogP contribution in [0.3, 0.4) is 0 Å². The van der Waals surface area contributed by atoms with Gasteiger partial charge >= 0.3 is 0 Å². The molecule has 0 aliphatic carbocycles. The Morgan fingerprint density at radius 1 is 0.0846 bits per heavy atom. The molecule has 130 heavy (non-hydrogen) atoms. The minimum atomic E-state index is 1.15. The maximum Gasteiger partial charge on any atom is 0.0561 e. The molecule has 4 nitrogen and oxygen atoms in total. The molecule has 27 rings (SSSR count). The maximum absolute atomic E-state index is 2.42. The van der Waals surface area contributed by atoms with Crippen LogP contribution in [0, 0.1) is 0 Å². The largest absolute Gasteiger partial charge is 0.309 e. The van der Waals surface area contributed by atoms with Crippen LogP contribution in [0.1, 0.15) is 0 Å². The second kappa shape index (κ2) is 31.5. The van der Waals surface area contributed by atoms with Gasteiger partial charge in [-0.3, -0.25) is 0 Å². The summed E-state index contributed by atoms with van der Waals surface area (Å²) in [4.78, 5) is 0. The summed E-state index contributed by atoms with van der Waals surface area (Å²) in [7, 11) is 0. The monoisotopic (exact) mass is 1650 g/mol. The van der Waals surface area contributed by atoms with Crippen LogP contribution in [0.4, 0.5) is 0 Å². The van der Waals surface area contributed by atoms with Gasteiger partial charge in [0.15, 0.2) is 0 Å². The van der Waals surface area contributed by atoms with E-state index < -0.39 is 0 Å². The SMILES string of the molecule is c1cc(-c2ccc(-n3c4ccccc4c4ccccc43)cc2)cc(-c2ccc3c4ccccc4c4ccccc4c3c2)c1.c1cc(-c2cccc(-n3c4ccccc4c4ccccc43)c2)cc(-c2ccc3c4ccccc4c4ccccc4c3c2)c1.c1ccc(-c2cccc(-c3cccc(-n4c5ccccc5c5ccc(-n6c7ccccc7c7ccccc76)cc54)c3)c2)cc1. The molecule has 0 atom stereocenters. The zero-order valence-electron chi connectivity index (χ0n) is 71.1. The van der Waals surface area contributed by atoms with Crippen molar-refractivity contribution in [3.8, 4) is 89.5 Å². The Morgan fingerprint density at radius 3 is 0.592 bits per heavy atom. The van der Waals surface area contributed by atoms with E-state index in [1.807, 2.05) is 0 Å². The number of aromatic nitrogens is 4. The third-order valence-electron chi connectivity index (χ3n) is 26.8. The maximum atomic E-state index is 2.42. The zero-order valence-corrected chi connectivity index (χ0v) is 71.1. The molecule has 0 aliphatic heterocycles. The first-order chi connectivity index (χ1) is 64.5. The van der Waals surface area contributed by atoms with Crippen LogP contribution >= 0.6 is 0 Å². The number of hydrogen-bond acceptors (Lipinski definition) is 0. The first kappa shape index (κ1) is 75.4. The minimum absolute atomic E-state index is 1.15. The Morgan fingerprint density at radius 2 is 0.269 bits per heavy atom. The van der Waals surface area contributed by atoms with Crippen LogP contribution in [0.5, 0.6) is 0 Å². The summed E-state index contributed by atoms with van der Waals surface area (Å²) in [5.41, 5.74) is 29.0. The van der Waals surface area contributed by atoms with Crippen molar-refractivity contribution in [1.82, 2.24) is 18.3 Å². The van der Waals surface area contributed by atoms with Crippen LogP contribution < -0.4 is 0 Å². The summed E-state index contributed by atoms with van der Waals surface area (Å²) < 4.78 is 9.58. The van der Waals surface area contributed by atoms with Gasteiger partial charge in [-0.15, -0.1) is 0 Å². The quantitative estimate of drug-likeness (QED) is 0.122. The average Bonchev–Trinajstić information content (AvgIpc) is 1.69. The predicted octanol–water partition coefficient (Wildman–Crippen LogP) is 34.4. The molecule has 4 aromatic heterocycles. The van der Waals surface area contributed by atoms with Gasteiger partial charge in [0.05, 0.1) is 44.1 Å². The molecule has 0 spiro atoms. The van der Waals surface area contributed by atoms with Crippen molar-refractivity contribution in [3.63, 3.8) is 0 Å². The number of nitrogens with zero attached hydrogens (tertiary/aromatic N) is 4. The van der Waals surface area contributed by atoms with Crippen LogP contribution in [0.25, 0.3) is 241 Å². The van der Waals surface area contributed by atoms with Gasteiger partial charge in [-0.05, 0) is 253 Å². The molecule has 23 aromatic carbocycles. The van der Waals surface area contributed by atoms with Crippen molar-refractivity contribution in [2.75, 3.05) is 0 Å². The number of rotatable bonds is 10. The molecule has 606 valence electrons. The fourth-order valence-electron chi connectivity index (χ4n) is 20.9. The van der Waals surface area contributed by atoms with E-state index in [9.17, 15) is 0 Å². The summed E-state index contributed by atoms with van der Waals surface area (Å²) >= 11 is 0. The molecule has 0 N–H and O–H groups in total. The Balaban J connectivity index is 0.000000105. The van der Waals surface area contributed by atoms with E-state index in [1.54, 1.807) is 0 Å². The predicted molar refractivity (Wildman–Crippen MR) is 554 cm³/mol. The molecule has 0 bridgehead atoms. The Hall–Kier alpha value is -17.2. The summed E-state index contributed by atoms with van der Waals surface area (Å²) in [6.07, 6.45) is 0. The summed E-state index contributed by atoms with van der Waals surface area (Å²) in [5, 5.41) is 25.8. The fraction of sp³-hybridized carbons (Fsp3) is 0. The Bertz CT molecular complexity index is 8960. The van der Waals surface area contributed by atoms with Gasteiger partial charge in [0.25, 0.3) is 0 Å². The van der Waals surface area contributed by atoms with Crippen molar-refractivity contribution < 1.29 is 0 Å². The summed E-state index contributed by atoms with van der Waals surface area (Å²) in [6, 6.07) is 181. The lowest BCUT2D eigenvalue weighted by Gasteiger charge is -2.13. The molecular weight excluding hydrogens is 1570 g/mol. The number of hydrogen-bond donors (Lipinski definition) is 0. The van der Waals surface area contributed by atoms with E-state index >= 15 is 0 Å². The van der Waals surface area contributed by atoms with E-state index in [0.717, 1.165) is 11.4 Å².